The molecule has 0 amide bonds. The van der Waals surface area contributed by atoms with Gasteiger partial charge in [-0.05, 0) is 31.5 Å². The van der Waals surface area contributed by atoms with Crippen molar-refractivity contribution in [3.8, 4) is 0 Å². The van der Waals surface area contributed by atoms with Crippen molar-refractivity contribution in [1.82, 2.24) is 10.3 Å². The molecule has 4 heteroatoms. The molecule has 0 saturated heterocycles. The Kier molecular flexibility index (Phi) is 4.31. The van der Waals surface area contributed by atoms with Crippen molar-refractivity contribution in [1.29, 1.82) is 0 Å². The Morgan fingerprint density at radius 3 is 2.47 bits per heavy atom. The van der Waals surface area contributed by atoms with Crippen LogP contribution in [0.15, 0.2) is 39.6 Å². The van der Waals surface area contributed by atoms with Gasteiger partial charge in [0.1, 0.15) is 0 Å². The lowest BCUT2D eigenvalue weighted by Crippen LogP contribution is -2.22. The molecule has 2 nitrogen and oxygen atoms in total. The zero-order chi connectivity index (χ0) is 12.3. The van der Waals surface area contributed by atoms with Crippen LogP contribution in [0.1, 0.15) is 37.2 Å². The van der Waals surface area contributed by atoms with Crippen LogP contribution in [0.25, 0.3) is 0 Å². The molecule has 0 fully saturated rings. The van der Waals surface area contributed by atoms with Crippen molar-refractivity contribution >= 4 is 27.3 Å². The van der Waals surface area contributed by atoms with Gasteiger partial charge in [-0.2, -0.15) is 0 Å². The predicted molar refractivity (Wildman–Crippen MR) is 76.2 cm³/mol. The molecule has 90 valence electrons. The summed E-state index contributed by atoms with van der Waals surface area (Å²) in [7, 11) is 0. The van der Waals surface area contributed by atoms with E-state index in [9.17, 15) is 0 Å². The minimum atomic E-state index is 0.278. The van der Waals surface area contributed by atoms with Crippen LogP contribution in [-0.2, 0) is 0 Å². The van der Waals surface area contributed by atoms with Crippen LogP contribution in [0.4, 0.5) is 0 Å². The van der Waals surface area contributed by atoms with Crippen LogP contribution in [0.5, 0.6) is 0 Å². The molecule has 17 heavy (non-hydrogen) atoms. The highest BCUT2D eigenvalue weighted by molar-refractivity contribution is 9.10. The molecular formula is C13H15BrN2S. The molecule has 0 aliphatic rings. The van der Waals surface area contributed by atoms with E-state index in [1.54, 1.807) is 11.3 Å². The molecule has 0 saturated carbocycles. The highest BCUT2D eigenvalue weighted by Gasteiger charge is 2.12. The summed E-state index contributed by atoms with van der Waals surface area (Å²) < 4.78 is 1.11. The second-order valence-electron chi connectivity index (χ2n) is 4.07. The van der Waals surface area contributed by atoms with E-state index in [2.05, 4.69) is 69.7 Å². The zero-order valence-electron chi connectivity index (χ0n) is 9.85. The Hall–Kier alpha value is -0.710. The average molecular weight is 311 g/mol. The number of thiazole rings is 1. The van der Waals surface area contributed by atoms with Gasteiger partial charge in [0, 0.05) is 21.9 Å². The number of hydrogen-bond donors (Lipinski definition) is 1. The average Bonchev–Trinajstić information content (AvgIpc) is 2.83. The normalized spacial score (nSPS) is 14.5. The van der Waals surface area contributed by atoms with Crippen molar-refractivity contribution in [2.45, 2.75) is 25.9 Å². The SMILES string of the molecule is CC(N[C@@H](C)c1ccc(Br)cc1)c1cscn1. The number of hydrogen-bond acceptors (Lipinski definition) is 3. The number of halogens is 1. The molecule has 1 unspecified atom stereocenters. The van der Waals surface area contributed by atoms with Gasteiger partial charge < -0.3 is 5.32 Å². The molecule has 1 heterocycles. The van der Waals surface area contributed by atoms with Crippen LogP contribution >= 0.6 is 27.3 Å². The second-order valence-corrected chi connectivity index (χ2v) is 5.71. The quantitative estimate of drug-likeness (QED) is 0.909. The fourth-order valence-corrected chi connectivity index (χ4v) is 2.66. The van der Waals surface area contributed by atoms with E-state index in [1.165, 1.54) is 5.56 Å². The zero-order valence-corrected chi connectivity index (χ0v) is 12.3. The fourth-order valence-electron chi connectivity index (χ4n) is 1.74. The minimum Gasteiger partial charge on any atom is -0.302 e. The maximum Gasteiger partial charge on any atom is 0.0795 e. The molecule has 0 bridgehead atoms. The Morgan fingerprint density at radius 1 is 1.18 bits per heavy atom. The highest BCUT2D eigenvalue weighted by Crippen LogP contribution is 2.20. The van der Waals surface area contributed by atoms with Gasteiger partial charge in [0.05, 0.1) is 11.2 Å². The molecule has 0 aliphatic carbocycles. The number of rotatable bonds is 4. The summed E-state index contributed by atoms with van der Waals surface area (Å²) in [6.07, 6.45) is 0. The lowest BCUT2D eigenvalue weighted by Gasteiger charge is -2.19. The summed E-state index contributed by atoms with van der Waals surface area (Å²) in [6, 6.07) is 9.01. The predicted octanol–water partition coefficient (Wildman–Crippen LogP) is 4.32. The van der Waals surface area contributed by atoms with Gasteiger partial charge in [-0.15, -0.1) is 11.3 Å². The van der Waals surface area contributed by atoms with Crippen molar-refractivity contribution in [3.63, 3.8) is 0 Å². The van der Waals surface area contributed by atoms with E-state index < -0.39 is 0 Å². The topological polar surface area (TPSA) is 24.9 Å². The Labute approximate surface area is 114 Å². The molecule has 2 rings (SSSR count). The van der Waals surface area contributed by atoms with E-state index in [4.69, 9.17) is 0 Å². The van der Waals surface area contributed by atoms with Crippen LogP contribution < -0.4 is 5.32 Å². The van der Waals surface area contributed by atoms with Crippen molar-refractivity contribution in [2.75, 3.05) is 0 Å². The van der Waals surface area contributed by atoms with E-state index in [0.717, 1.165) is 10.2 Å². The first-order valence-corrected chi connectivity index (χ1v) is 7.30. The van der Waals surface area contributed by atoms with Gasteiger partial charge in [-0.1, -0.05) is 28.1 Å². The van der Waals surface area contributed by atoms with E-state index in [-0.39, 0.29) is 6.04 Å². The fraction of sp³-hybridized carbons (Fsp3) is 0.308. The van der Waals surface area contributed by atoms with Crippen LogP contribution in [-0.4, -0.2) is 4.98 Å². The second kappa shape index (κ2) is 5.76. The third-order valence-corrected chi connectivity index (χ3v) is 3.90. The largest absolute Gasteiger partial charge is 0.302 e. The van der Waals surface area contributed by atoms with E-state index >= 15 is 0 Å². The Balaban J connectivity index is 2.01. The van der Waals surface area contributed by atoms with E-state index in [1.807, 2.05) is 5.51 Å². The molecule has 0 aliphatic heterocycles. The lowest BCUT2D eigenvalue weighted by molar-refractivity contribution is 0.488. The van der Waals surface area contributed by atoms with Gasteiger partial charge >= 0.3 is 0 Å². The van der Waals surface area contributed by atoms with E-state index in [0.29, 0.717) is 6.04 Å². The summed E-state index contributed by atoms with van der Waals surface area (Å²) in [5.41, 5.74) is 4.27. The van der Waals surface area contributed by atoms with Gasteiger partial charge in [0.25, 0.3) is 0 Å². The third kappa shape index (κ3) is 3.37. The summed E-state index contributed by atoms with van der Waals surface area (Å²) in [5, 5.41) is 5.64. The monoisotopic (exact) mass is 310 g/mol. The summed E-state index contributed by atoms with van der Waals surface area (Å²) in [5.74, 6) is 0. The van der Waals surface area contributed by atoms with Crippen LogP contribution in [0.2, 0.25) is 0 Å². The Morgan fingerprint density at radius 2 is 1.88 bits per heavy atom. The standard InChI is InChI=1S/C13H15BrN2S/c1-9(11-3-5-12(14)6-4-11)16-10(2)13-7-17-8-15-13/h3-10,16H,1-2H3/t9-,10?/m0/s1. The van der Waals surface area contributed by atoms with Gasteiger partial charge in [-0.3, -0.25) is 0 Å². The maximum atomic E-state index is 4.33. The number of aromatic nitrogens is 1. The van der Waals surface area contributed by atoms with Crippen molar-refractivity contribution in [2.24, 2.45) is 0 Å². The smallest absolute Gasteiger partial charge is 0.0795 e. The summed E-state index contributed by atoms with van der Waals surface area (Å²) in [6.45, 7) is 4.32. The minimum absolute atomic E-state index is 0.278. The molecule has 1 N–H and O–H groups in total. The third-order valence-electron chi connectivity index (χ3n) is 2.77. The number of benzene rings is 1. The molecular weight excluding hydrogens is 296 g/mol. The molecule has 2 aromatic rings. The van der Waals surface area contributed by atoms with Crippen molar-refractivity contribution < 1.29 is 0 Å². The first-order valence-electron chi connectivity index (χ1n) is 5.56. The Bertz CT molecular complexity index is 453. The first-order chi connectivity index (χ1) is 8.16. The molecule has 0 spiro atoms. The van der Waals surface area contributed by atoms with Crippen molar-refractivity contribution in [3.05, 3.63) is 50.9 Å². The first kappa shape index (κ1) is 12.7. The summed E-state index contributed by atoms with van der Waals surface area (Å²) >= 11 is 5.08. The molecule has 0 radical (unpaired) electrons. The van der Waals surface area contributed by atoms with Gasteiger partial charge in [-0.25, -0.2) is 4.98 Å². The van der Waals surface area contributed by atoms with Crippen LogP contribution in [0.3, 0.4) is 0 Å². The van der Waals surface area contributed by atoms with Gasteiger partial charge in [0.2, 0.25) is 0 Å². The molecule has 2 atom stereocenters. The maximum absolute atomic E-state index is 4.33. The summed E-state index contributed by atoms with van der Waals surface area (Å²) in [4.78, 5) is 4.33. The number of nitrogens with one attached hydrogen (secondary N) is 1. The molecule has 1 aromatic heterocycles. The molecule has 1 aromatic carbocycles. The lowest BCUT2D eigenvalue weighted by atomic mass is 10.1. The number of nitrogens with zero attached hydrogens (tertiary/aromatic N) is 1. The van der Waals surface area contributed by atoms with Crippen LogP contribution in [0, 0.1) is 0 Å². The highest BCUT2D eigenvalue weighted by atomic mass is 79.9. The van der Waals surface area contributed by atoms with Gasteiger partial charge in [0.15, 0.2) is 0 Å².